The Morgan fingerprint density at radius 1 is 1.32 bits per heavy atom. The molecule has 0 saturated heterocycles. The van der Waals surface area contributed by atoms with Crippen LogP contribution < -0.4 is 5.73 Å². The first-order chi connectivity index (χ1) is 9.13. The molecule has 1 atom stereocenters. The van der Waals surface area contributed by atoms with Crippen LogP contribution in [-0.4, -0.2) is 14.4 Å². The Kier molecular flexibility index (Phi) is 3.08. The Morgan fingerprint density at radius 3 is 2.89 bits per heavy atom. The summed E-state index contributed by atoms with van der Waals surface area (Å²) in [4.78, 5) is 10.0. The maximum atomic E-state index is 6.28. The van der Waals surface area contributed by atoms with E-state index in [9.17, 15) is 0 Å². The van der Waals surface area contributed by atoms with Crippen LogP contribution in [0, 0.1) is 13.8 Å². The van der Waals surface area contributed by atoms with Crippen molar-refractivity contribution in [1.29, 1.82) is 0 Å². The van der Waals surface area contributed by atoms with Gasteiger partial charge in [-0.3, -0.25) is 9.38 Å². The molecule has 5 heteroatoms. The smallest absolute Gasteiger partial charge is 0.193 e. The van der Waals surface area contributed by atoms with Crippen LogP contribution >= 0.6 is 11.3 Å². The van der Waals surface area contributed by atoms with Crippen LogP contribution in [0.3, 0.4) is 0 Å². The zero-order chi connectivity index (χ0) is 13.4. The van der Waals surface area contributed by atoms with Gasteiger partial charge < -0.3 is 5.73 Å². The molecule has 0 spiro atoms. The normalized spacial score (nSPS) is 13.0. The summed E-state index contributed by atoms with van der Waals surface area (Å²) in [5.74, 6) is 0. The highest BCUT2D eigenvalue weighted by atomic mass is 32.1. The van der Waals surface area contributed by atoms with E-state index in [-0.39, 0.29) is 6.04 Å². The molecule has 0 saturated carbocycles. The van der Waals surface area contributed by atoms with Gasteiger partial charge in [0.25, 0.3) is 0 Å². The topological polar surface area (TPSA) is 56.2 Å². The SMILES string of the molecule is Cc1ccc(C(N)Cc2cn3ccsc3n2)c(C)n1. The van der Waals surface area contributed by atoms with Crippen molar-refractivity contribution >= 4 is 16.3 Å². The van der Waals surface area contributed by atoms with E-state index in [2.05, 4.69) is 16.0 Å². The molecule has 3 aromatic heterocycles. The van der Waals surface area contributed by atoms with Gasteiger partial charge in [0.2, 0.25) is 0 Å². The third-order valence-electron chi connectivity index (χ3n) is 3.24. The van der Waals surface area contributed by atoms with Gasteiger partial charge in [0.15, 0.2) is 4.96 Å². The highest BCUT2D eigenvalue weighted by molar-refractivity contribution is 7.15. The molecule has 98 valence electrons. The summed E-state index contributed by atoms with van der Waals surface area (Å²) in [6.45, 7) is 4.00. The molecule has 2 N–H and O–H groups in total. The third kappa shape index (κ3) is 2.39. The molecule has 0 aliphatic heterocycles. The van der Waals surface area contributed by atoms with Gasteiger partial charge in [0.05, 0.1) is 5.69 Å². The first-order valence-electron chi connectivity index (χ1n) is 6.24. The zero-order valence-corrected chi connectivity index (χ0v) is 11.8. The average Bonchev–Trinajstić information content (AvgIpc) is 2.89. The lowest BCUT2D eigenvalue weighted by Crippen LogP contribution is -2.15. The van der Waals surface area contributed by atoms with Crippen molar-refractivity contribution in [2.45, 2.75) is 26.3 Å². The van der Waals surface area contributed by atoms with E-state index in [1.54, 1.807) is 11.3 Å². The van der Waals surface area contributed by atoms with Crippen LogP contribution in [0.15, 0.2) is 29.9 Å². The fourth-order valence-electron chi connectivity index (χ4n) is 2.30. The fraction of sp³-hybridized carbons (Fsp3) is 0.286. The molecule has 0 amide bonds. The molecular weight excluding hydrogens is 256 g/mol. The first-order valence-corrected chi connectivity index (χ1v) is 7.12. The van der Waals surface area contributed by atoms with E-state index in [0.717, 1.165) is 34.0 Å². The molecule has 0 fully saturated rings. The quantitative estimate of drug-likeness (QED) is 0.797. The molecule has 3 heterocycles. The van der Waals surface area contributed by atoms with Crippen molar-refractivity contribution < 1.29 is 0 Å². The second-order valence-corrected chi connectivity index (χ2v) is 5.64. The Labute approximate surface area is 115 Å². The maximum absolute atomic E-state index is 6.28. The number of aryl methyl sites for hydroxylation is 2. The summed E-state index contributed by atoms with van der Waals surface area (Å²) in [5, 5.41) is 2.03. The number of aromatic nitrogens is 3. The third-order valence-corrected chi connectivity index (χ3v) is 4.01. The van der Waals surface area contributed by atoms with Crippen molar-refractivity contribution in [3.8, 4) is 0 Å². The van der Waals surface area contributed by atoms with E-state index >= 15 is 0 Å². The minimum atomic E-state index is -0.0577. The van der Waals surface area contributed by atoms with Gasteiger partial charge in [-0.05, 0) is 25.5 Å². The predicted molar refractivity (Wildman–Crippen MR) is 77.4 cm³/mol. The summed E-state index contributed by atoms with van der Waals surface area (Å²) in [6.07, 6.45) is 4.79. The molecule has 0 radical (unpaired) electrons. The monoisotopic (exact) mass is 272 g/mol. The molecule has 1 unspecified atom stereocenters. The van der Waals surface area contributed by atoms with E-state index in [1.165, 1.54) is 0 Å². The lowest BCUT2D eigenvalue weighted by Gasteiger charge is -2.13. The predicted octanol–water partition coefficient (Wildman–Crippen LogP) is 2.65. The second-order valence-electron chi connectivity index (χ2n) is 4.76. The molecule has 4 nitrogen and oxygen atoms in total. The zero-order valence-electron chi connectivity index (χ0n) is 11.0. The Balaban J connectivity index is 1.84. The number of hydrogen-bond donors (Lipinski definition) is 1. The lowest BCUT2D eigenvalue weighted by atomic mass is 10.0. The Hall–Kier alpha value is -1.72. The molecule has 0 aliphatic rings. The van der Waals surface area contributed by atoms with Crippen molar-refractivity contribution in [3.05, 3.63) is 52.6 Å². The van der Waals surface area contributed by atoms with Crippen LogP contribution in [0.4, 0.5) is 0 Å². The van der Waals surface area contributed by atoms with Crippen LogP contribution in [0.1, 0.15) is 28.7 Å². The van der Waals surface area contributed by atoms with Crippen molar-refractivity contribution in [3.63, 3.8) is 0 Å². The number of nitrogens with two attached hydrogens (primary N) is 1. The van der Waals surface area contributed by atoms with Gasteiger partial charge in [0, 0.05) is 41.6 Å². The number of thiazole rings is 1. The van der Waals surface area contributed by atoms with Gasteiger partial charge in [-0.2, -0.15) is 0 Å². The summed E-state index contributed by atoms with van der Waals surface area (Å²) >= 11 is 1.63. The number of hydrogen-bond acceptors (Lipinski definition) is 4. The van der Waals surface area contributed by atoms with Crippen molar-refractivity contribution in [2.75, 3.05) is 0 Å². The Bertz CT molecular complexity index is 685. The van der Waals surface area contributed by atoms with E-state index in [4.69, 9.17) is 5.73 Å². The molecule has 0 bridgehead atoms. The Morgan fingerprint density at radius 2 is 2.16 bits per heavy atom. The van der Waals surface area contributed by atoms with Crippen LogP contribution in [0.5, 0.6) is 0 Å². The minimum absolute atomic E-state index is 0.0577. The number of imidazole rings is 1. The number of pyridine rings is 1. The molecule has 19 heavy (non-hydrogen) atoms. The van der Waals surface area contributed by atoms with Gasteiger partial charge >= 0.3 is 0 Å². The fourth-order valence-corrected chi connectivity index (χ4v) is 3.02. The maximum Gasteiger partial charge on any atom is 0.193 e. The summed E-state index contributed by atoms with van der Waals surface area (Å²) in [6, 6.07) is 4.02. The number of nitrogens with zero attached hydrogens (tertiary/aromatic N) is 3. The molecule has 0 aliphatic carbocycles. The first kappa shape index (κ1) is 12.3. The minimum Gasteiger partial charge on any atom is -0.324 e. The standard InChI is InChI=1S/C14H16N4S/c1-9-3-4-12(10(2)16-9)13(15)7-11-8-18-5-6-19-14(18)17-11/h3-6,8,13H,7,15H2,1-2H3. The molecule has 0 aromatic carbocycles. The van der Waals surface area contributed by atoms with Gasteiger partial charge in [-0.15, -0.1) is 11.3 Å². The average molecular weight is 272 g/mol. The van der Waals surface area contributed by atoms with Gasteiger partial charge in [-0.25, -0.2) is 4.98 Å². The second kappa shape index (κ2) is 4.75. The van der Waals surface area contributed by atoms with Crippen LogP contribution in [0.2, 0.25) is 0 Å². The summed E-state index contributed by atoms with van der Waals surface area (Å²) in [7, 11) is 0. The molecule has 3 rings (SSSR count). The van der Waals surface area contributed by atoms with Gasteiger partial charge in [0.1, 0.15) is 0 Å². The van der Waals surface area contributed by atoms with Crippen LogP contribution in [-0.2, 0) is 6.42 Å². The van der Waals surface area contributed by atoms with Gasteiger partial charge in [-0.1, -0.05) is 6.07 Å². The molecule has 3 aromatic rings. The highest BCUT2D eigenvalue weighted by Crippen LogP contribution is 2.20. The van der Waals surface area contributed by atoms with Crippen LogP contribution in [0.25, 0.3) is 4.96 Å². The van der Waals surface area contributed by atoms with Crippen molar-refractivity contribution in [2.24, 2.45) is 5.73 Å². The lowest BCUT2D eigenvalue weighted by molar-refractivity contribution is 0.699. The summed E-state index contributed by atoms with van der Waals surface area (Å²) < 4.78 is 2.03. The molecular formula is C14H16N4S. The van der Waals surface area contributed by atoms with Crippen molar-refractivity contribution in [1.82, 2.24) is 14.4 Å². The highest BCUT2D eigenvalue weighted by Gasteiger charge is 2.13. The summed E-state index contributed by atoms with van der Waals surface area (Å²) in [5.41, 5.74) is 10.4. The van der Waals surface area contributed by atoms with E-state index in [0.29, 0.717) is 0 Å². The van der Waals surface area contributed by atoms with E-state index < -0.39 is 0 Å². The number of rotatable bonds is 3. The number of fused-ring (bicyclic) bond motifs is 1. The largest absolute Gasteiger partial charge is 0.324 e. The van der Waals surface area contributed by atoms with E-state index in [1.807, 2.05) is 42.1 Å².